The van der Waals surface area contributed by atoms with Gasteiger partial charge >= 0.3 is 0 Å². The molecule has 136 valence electrons. The van der Waals surface area contributed by atoms with Crippen LogP contribution in [0.4, 0.5) is 0 Å². The Balaban J connectivity index is 1.42. The second-order valence-electron chi connectivity index (χ2n) is 6.54. The zero-order valence-electron chi connectivity index (χ0n) is 15.1. The highest BCUT2D eigenvalue weighted by Gasteiger charge is 2.09. The maximum Gasteiger partial charge on any atom is 0.261 e. The highest BCUT2D eigenvalue weighted by atomic mass is 16.2. The highest BCUT2D eigenvalue weighted by Crippen LogP contribution is 2.18. The molecular formula is C21H20N4O2. The molecule has 0 spiro atoms. The van der Waals surface area contributed by atoms with Gasteiger partial charge in [-0.3, -0.25) is 14.2 Å². The summed E-state index contributed by atoms with van der Waals surface area (Å²) in [5, 5.41) is 4.60. The summed E-state index contributed by atoms with van der Waals surface area (Å²) in [5.41, 5.74) is 2.73. The van der Waals surface area contributed by atoms with Gasteiger partial charge in [-0.25, -0.2) is 4.98 Å². The number of hydrogen-bond acceptors (Lipinski definition) is 3. The lowest BCUT2D eigenvalue weighted by molar-refractivity contribution is -0.121. The summed E-state index contributed by atoms with van der Waals surface area (Å²) in [4.78, 5) is 29.0. The molecule has 4 rings (SSSR count). The van der Waals surface area contributed by atoms with Crippen LogP contribution in [0, 0.1) is 6.92 Å². The number of hydrogen-bond donors (Lipinski definition) is 1. The van der Waals surface area contributed by atoms with Crippen LogP contribution in [0.5, 0.6) is 0 Å². The van der Waals surface area contributed by atoms with Crippen LogP contribution in [0.1, 0.15) is 5.69 Å². The van der Waals surface area contributed by atoms with Crippen LogP contribution in [0.2, 0.25) is 0 Å². The lowest BCUT2D eigenvalue weighted by atomic mass is 10.2. The number of rotatable bonds is 5. The summed E-state index contributed by atoms with van der Waals surface area (Å²) >= 11 is 0. The molecule has 0 unspecified atom stereocenters. The van der Waals surface area contributed by atoms with Gasteiger partial charge in [0.05, 0.1) is 17.2 Å². The maximum atomic E-state index is 12.5. The van der Waals surface area contributed by atoms with E-state index in [1.807, 2.05) is 18.2 Å². The molecule has 0 radical (unpaired) electrons. The Labute approximate surface area is 156 Å². The number of benzene rings is 2. The third-order valence-electron chi connectivity index (χ3n) is 4.72. The maximum absolute atomic E-state index is 12.5. The van der Waals surface area contributed by atoms with Gasteiger partial charge in [-0.15, -0.1) is 0 Å². The molecule has 0 aliphatic rings. The average molecular weight is 360 g/mol. The van der Waals surface area contributed by atoms with Crippen molar-refractivity contribution < 1.29 is 4.79 Å². The number of amides is 1. The molecule has 6 heteroatoms. The first-order chi connectivity index (χ1) is 13.1. The molecule has 0 aliphatic heterocycles. The third-order valence-corrected chi connectivity index (χ3v) is 4.72. The van der Waals surface area contributed by atoms with E-state index in [1.165, 1.54) is 16.3 Å². The van der Waals surface area contributed by atoms with E-state index in [4.69, 9.17) is 0 Å². The number of fused-ring (bicyclic) bond motifs is 2. The monoisotopic (exact) mass is 360 g/mol. The van der Waals surface area contributed by atoms with Crippen LogP contribution in [0.25, 0.3) is 21.8 Å². The van der Waals surface area contributed by atoms with Gasteiger partial charge in [0.2, 0.25) is 5.91 Å². The van der Waals surface area contributed by atoms with Crippen LogP contribution in [-0.4, -0.2) is 26.6 Å². The molecule has 2 aromatic carbocycles. The number of carbonyl (C=O) groups is 1. The quantitative estimate of drug-likeness (QED) is 0.594. The molecule has 0 saturated heterocycles. The summed E-state index contributed by atoms with van der Waals surface area (Å²) in [7, 11) is 0. The first kappa shape index (κ1) is 17.0. The topological polar surface area (TPSA) is 68.9 Å². The molecule has 2 aromatic heterocycles. The minimum absolute atomic E-state index is 0.0396. The Bertz CT molecular complexity index is 1190. The third kappa shape index (κ3) is 3.33. The molecule has 0 aliphatic carbocycles. The molecule has 1 amide bonds. The second-order valence-corrected chi connectivity index (χ2v) is 6.54. The van der Waals surface area contributed by atoms with E-state index in [2.05, 4.69) is 40.0 Å². The molecule has 4 aromatic rings. The zero-order chi connectivity index (χ0) is 18.8. The Morgan fingerprint density at radius 1 is 1.11 bits per heavy atom. The van der Waals surface area contributed by atoms with Gasteiger partial charge in [0.25, 0.3) is 5.56 Å². The van der Waals surface area contributed by atoms with Crippen molar-refractivity contribution in [3.8, 4) is 0 Å². The van der Waals surface area contributed by atoms with Crippen molar-refractivity contribution in [1.29, 1.82) is 0 Å². The fourth-order valence-electron chi connectivity index (χ4n) is 3.38. The van der Waals surface area contributed by atoms with Crippen LogP contribution in [-0.2, 0) is 17.9 Å². The van der Waals surface area contributed by atoms with Crippen molar-refractivity contribution in [2.75, 3.05) is 6.54 Å². The standard InChI is InChI=1S/C21H20N4O2/c1-15-12-16-6-2-5-9-19(16)25(15)11-10-22-20(26)13-24-14-23-18-8-4-3-7-17(18)21(24)27/h2-9,12,14H,10-11,13H2,1H3,(H,22,26). The van der Waals surface area contributed by atoms with E-state index in [1.54, 1.807) is 18.2 Å². The summed E-state index contributed by atoms with van der Waals surface area (Å²) in [6, 6.07) is 17.4. The van der Waals surface area contributed by atoms with Gasteiger partial charge in [0, 0.05) is 24.3 Å². The fourth-order valence-corrected chi connectivity index (χ4v) is 3.38. The van der Waals surface area contributed by atoms with Gasteiger partial charge in [-0.1, -0.05) is 30.3 Å². The van der Waals surface area contributed by atoms with Gasteiger partial charge in [-0.2, -0.15) is 0 Å². The Morgan fingerprint density at radius 2 is 1.89 bits per heavy atom. The molecule has 0 atom stereocenters. The molecule has 0 saturated carbocycles. The minimum atomic E-state index is -0.206. The van der Waals surface area contributed by atoms with Crippen molar-refractivity contribution in [2.24, 2.45) is 0 Å². The van der Waals surface area contributed by atoms with Crippen molar-refractivity contribution in [3.05, 3.63) is 77.0 Å². The Kier molecular flexibility index (Phi) is 4.46. The first-order valence-corrected chi connectivity index (χ1v) is 8.89. The molecular weight excluding hydrogens is 340 g/mol. The zero-order valence-corrected chi connectivity index (χ0v) is 15.1. The molecule has 27 heavy (non-hydrogen) atoms. The largest absolute Gasteiger partial charge is 0.353 e. The van der Waals surface area contributed by atoms with Gasteiger partial charge < -0.3 is 9.88 Å². The van der Waals surface area contributed by atoms with Crippen molar-refractivity contribution >= 4 is 27.7 Å². The smallest absolute Gasteiger partial charge is 0.261 e. The van der Waals surface area contributed by atoms with Crippen molar-refractivity contribution in [3.63, 3.8) is 0 Å². The van der Waals surface area contributed by atoms with Crippen LogP contribution < -0.4 is 10.9 Å². The summed E-state index contributed by atoms with van der Waals surface area (Å²) < 4.78 is 3.52. The summed E-state index contributed by atoms with van der Waals surface area (Å²) in [6.07, 6.45) is 1.42. The normalized spacial score (nSPS) is 11.1. The highest BCUT2D eigenvalue weighted by molar-refractivity contribution is 5.81. The number of carbonyl (C=O) groups excluding carboxylic acids is 1. The van der Waals surface area contributed by atoms with Gasteiger partial charge in [0.15, 0.2) is 0 Å². The van der Waals surface area contributed by atoms with Crippen molar-refractivity contribution in [2.45, 2.75) is 20.0 Å². The number of nitrogens with zero attached hydrogens (tertiary/aromatic N) is 3. The van der Waals surface area contributed by atoms with E-state index in [0.717, 1.165) is 11.2 Å². The minimum Gasteiger partial charge on any atom is -0.353 e. The first-order valence-electron chi connectivity index (χ1n) is 8.89. The molecule has 1 N–H and O–H groups in total. The fraction of sp³-hybridized carbons (Fsp3) is 0.190. The molecule has 2 heterocycles. The number of nitrogens with one attached hydrogen (secondary N) is 1. The molecule has 0 fully saturated rings. The number of aryl methyl sites for hydroxylation is 1. The number of para-hydroxylation sites is 2. The number of aromatic nitrogens is 3. The Morgan fingerprint density at radius 3 is 2.78 bits per heavy atom. The van der Waals surface area contributed by atoms with Crippen LogP contribution in [0.3, 0.4) is 0 Å². The van der Waals surface area contributed by atoms with Crippen molar-refractivity contribution in [1.82, 2.24) is 19.4 Å². The molecule has 6 nitrogen and oxygen atoms in total. The Hall–Kier alpha value is -3.41. The van der Waals surface area contributed by atoms with Crippen LogP contribution in [0.15, 0.2) is 65.7 Å². The summed E-state index contributed by atoms with van der Waals surface area (Å²) in [6.45, 7) is 3.19. The predicted octanol–water partition coefficient (Wildman–Crippen LogP) is 2.48. The van der Waals surface area contributed by atoms with E-state index in [9.17, 15) is 9.59 Å². The SMILES string of the molecule is Cc1cc2ccccc2n1CCNC(=O)Cn1cnc2ccccc2c1=O. The second kappa shape index (κ2) is 7.07. The lowest BCUT2D eigenvalue weighted by Gasteiger charge is -2.11. The van der Waals surface area contributed by atoms with E-state index >= 15 is 0 Å². The van der Waals surface area contributed by atoms with E-state index < -0.39 is 0 Å². The average Bonchev–Trinajstić information content (AvgIpc) is 3.00. The van der Waals surface area contributed by atoms with Crippen LogP contribution >= 0.6 is 0 Å². The molecule has 0 bridgehead atoms. The van der Waals surface area contributed by atoms with Gasteiger partial charge in [-0.05, 0) is 36.6 Å². The van der Waals surface area contributed by atoms with E-state index in [0.29, 0.717) is 24.0 Å². The predicted molar refractivity (Wildman–Crippen MR) is 106 cm³/mol. The van der Waals surface area contributed by atoms with E-state index in [-0.39, 0.29) is 18.0 Å². The lowest BCUT2D eigenvalue weighted by Crippen LogP contribution is -2.34. The summed E-state index contributed by atoms with van der Waals surface area (Å²) in [5.74, 6) is -0.205. The van der Waals surface area contributed by atoms with Gasteiger partial charge in [0.1, 0.15) is 6.54 Å².